The molecule has 1 aromatic rings. The molecule has 4 nitrogen and oxygen atoms in total. The molecule has 1 aromatic carbocycles. The minimum absolute atomic E-state index is 0.0329. The molecule has 1 rings (SSSR count). The first-order valence-electron chi connectivity index (χ1n) is 6.84. The fourth-order valence-corrected chi connectivity index (χ4v) is 1.98. The number of hydrogen-bond acceptors (Lipinski definition) is 3. The van der Waals surface area contributed by atoms with Crippen molar-refractivity contribution in [1.29, 1.82) is 0 Å². The van der Waals surface area contributed by atoms with Crippen LogP contribution in [0.5, 0.6) is 5.75 Å². The van der Waals surface area contributed by atoms with E-state index in [1.54, 1.807) is 0 Å². The summed E-state index contributed by atoms with van der Waals surface area (Å²) in [5.74, 6) is 0.572. The highest BCUT2D eigenvalue weighted by atomic mass is 32.1. The third-order valence-corrected chi connectivity index (χ3v) is 3.17. The molecule has 0 aromatic heterocycles. The first-order chi connectivity index (χ1) is 9.55. The number of nitrogens with one attached hydrogen (secondary N) is 1. The van der Waals surface area contributed by atoms with Crippen molar-refractivity contribution in [3.63, 3.8) is 0 Å². The van der Waals surface area contributed by atoms with Crippen LogP contribution in [-0.2, 0) is 11.2 Å². The first-order valence-corrected chi connectivity index (χ1v) is 7.25. The van der Waals surface area contributed by atoms with Crippen molar-refractivity contribution >= 4 is 23.1 Å². The Hall–Kier alpha value is -1.62. The van der Waals surface area contributed by atoms with Gasteiger partial charge in [0.2, 0.25) is 0 Å². The van der Waals surface area contributed by atoms with Crippen LogP contribution in [0.2, 0.25) is 0 Å². The number of benzene rings is 1. The maximum atomic E-state index is 11.7. The van der Waals surface area contributed by atoms with Crippen LogP contribution in [0, 0.1) is 0 Å². The van der Waals surface area contributed by atoms with Gasteiger partial charge in [-0.2, -0.15) is 0 Å². The molecule has 1 amide bonds. The van der Waals surface area contributed by atoms with E-state index in [9.17, 15) is 4.79 Å². The number of hydrogen-bond donors (Lipinski definition) is 2. The highest BCUT2D eigenvalue weighted by Gasteiger charge is 2.08. The number of carbonyl (C=O) groups is 1. The largest absolute Gasteiger partial charge is 0.484 e. The van der Waals surface area contributed by atoms with Gasteiger partial charge in [0.1, 0.15) is 5.75 Å². The molecule has 0 saturated heterocycles. The zero-order valence-electron chi connectivity index (χ0n) is 12.0. The van der Waals surface area contributed by atoms with Crippen LogP contribution >= 0.6 is 12.2 Å². The van der Waals surface area contributed by atoms with E-state index in [1.807, 2.05) is 24.3 Å². The minimum Gasteiger partial charge on any atom is -0.484 e. The number of amides is 1. The Bertz CT molecular complexity index is 442. The van der Waals surface area contributed by atoms with Crippen molar-refractivity contribution in [2.24, 2.45) is 5.73 Å². The monoisotopic (exact) mass is 294 g/mol. The summed E-state index contributed by atoms with van der Waals surface area (Å²) >= 11 is 4.85. The van der Waals surface area contributed by atoms with E-state index >= 15 is 0 Å². The van der Waals surface area contributed by atoms with Crippen LogP contribution in [0.4, 0.5) is 0 Å². The van der Waals surface area contributed by atoms with Gasteiger partial charge in [-0.15, -0.1) is 0 Å². The van der Waals surface area contributed by atoms with Crippen LogP contribution in [0.15, 0.2) is 24.3 Å². The molecular formula is C15H22N2O2S. The lowest BCUT2D eigenvalue weighted by molar-refractivity contribution is -0.123. The fourth-order valence-electron chi connectivity index (χ4n) is 1.82. The lowest BCUT2D eigenvalue weighted by Crippen LogP contribution is -2.37. The molecule has 0 spiro atoms. The predicted octanol–water partition coefficient (Wildman–Crippen LogP) is 2.20. The second-order valence-corrected chi connectivity index (χ2v) is 5.18. The molecule has 0 radical (unpaired) electrons. The molecule has 0 heterocycles. The van der Waals surface area contributed by atoms with Gasteiger partial charge < -0.3 is 15.8 Å². The van der Waals surface area contributed by atoms with Gasteiger partial charge in [-0.3, -0.25) is 4.79 Å². The summed E-state index contributed by atoms with van der Waals surface area (Å²) in [6.45, 7) is 4.14. The summed E-state index contributed by atoms with van der Waals surface area (Å²) < 4.78 is 5.44. The van der Waals surface area contributed by atoms with E-state index in [-0.39, 0.29) is 18.6 Å². The molecule has 110 valence electrons. The van der Waals surface area contributed by atoms with Gasteiger partial charge >= 0.3 is 0 Å². The lowest BCUT2D eigenvalue weighted by atomic mass is 10.1. The summed E-state index contributed by atoms with van der Waals surface area (Å²) in [7, 11) is 0. The standard InChI is InChI=1S/C15H22N2O2S/c1-3-12(4-2)17-15(18)10-19-13-7-5-11(6-8-13)9-14(16)20/h5-8,12H,3-4,9-10H2,1-2H3,(H2,16,20)(H,17,18). The van der Waals surface area contributed by atoms with Crippen LogP contribution in [0.25, 0.3) is 0 Å². The van der Waals surface area contributed by atoms with E-state index in [4.69, 9.17) is 22.7 Å². The Morgan fingerprint density at radius 2 is 1.90 bits per heavy atom. The fraction of sp³-hybridized carbons (Fsp3) is 0.467. The highest BCUT2D eigenvalue weighted by Crippen LogP contribution is 2.12. The Labute approximate surface area is 125 Å². The van der Waals surface area contributed by atoms with Crippen molar-refractivity contribution in [1.82, 2.24) is 5.32 Å². The summed E-state index contributed by atoms with van der Waals surface area (Å²) in [6, 6.07) is 7.65. The van der Waals surface area contributed by atoms with Gasteiger partial charge in [0.05, 0.1) is 4.99 Å². The average Bonchev–Trinajstić information content (AvgIpc) is 2.43. The number of carbonyl (C=O) groups excluding carboxylic acids is 1. The summed E-state index contributed by atoms with van der Waals surface area (Å²) in [5, 5.41) is 2.93. The molecule has 5 heteroatoms. The van der Waals surface area contributed by atoms with Crippen molar-refractivity contribution in [3.8, 4) is 5.75 Å². The van der Waals surface area contributed by atoms with Gasteiger partial charge in [0, 0.05) is 12.5 Å². The number of rotatable bonds is 8. The quantitative estimate of drug-likeness (QED) is 0.721. The molecule has 0 aliphatic rings. The van der Waals surface area contributed by atoms with E-state index in [0.29, 0.717) is 17.2 Å². The van der Waals surface area contributed by atoms with Crippen LogP contribution in [0.3, 0.4) is 0 Å². The lowest BCUT2D eigenvalue weighted by Gasteiger charge is -2.15. The van der Waals surface area contributed by atoms with Crippen molar-refractivity contribution in [3.05, 3.63) is 29.8 Å². The second kappa shape index (κ2) is 8.53. The topological polar surface area (TPSA) is 64.3 Å². The summed E-state index contributed by atoms with van der Waals surface area (Å²) in [6.07, 6.45) is 2.43. The smallest absolute Gasteiger partial charge is 0.258 e. The second-order valence-electron chi connectivity index (χ2n) is 4.66. The Morgan fingerprint density at radius 3 is 2.40 bits per heavy atom. The zero-order chi connectivity index (χ0) is 15.0. The Kier molecular flexibility index (Phi) is 7.01. The molecule has 3 N–H and O–H groups in total. The van der Waals surface area contributed by atoms with E-state index in [1.165, 1.54) is 0 Å². The van der Waals surface area contributed by atoms with Gasteiger partial charge in [0.25, 0.3) is 5.91 Å². The SMILES string of the molecule is CCC(CC)NC(=O)COc1ccc(CC(N)=S)cc1. The van der Waals surface area contributed by atoms with Gasteiger partial charge in [0.15, 0.2) is 6.61 Å². The molecule has 20 heavy (non-hydrogen) atoms. The summed E-state index contributed by atoms with van der Waals surface area (Å²) in [4.78, 5) is 12.1. The average molecular weight is 294 g/mol. The maximum Gasteiger partial charge on any atom is 0.258 e. The van der Waals surface area contributed by atoms with Crippen LogP contribution in [0.1, 0.15) is 32.3 Å². The molecule has 0 aliphatic heterocycles. The van der Waals surface area contributed by atoms with Crippen molar-refractivity contribution in [2.45, 2.75) is 39.2 Å². The third kappa shape index (κ3) is 6.02. The molecule has 0 saturated carbocycles. The predicted molar refractivity (Wildman–Crippen MR) is 84.9 cm³/mol. The van der Waals surface area contributed by atoms with Gasteiger partial charge in [-0.25, -0.2) is 0 Å². The highest BCUT2D eigenvalue weighted by molar-refractivity contribution is 7.80. The molecular weight excluding hydrogens is 272 g/mol. The molecule has 0 bridgehead atoms. The first kappa shape index (κ1) is 16.4. The molecule has 0 aliphatic carbocycles. The van der Waals surface area contributed by atoms with Gasteiger partial charge in [-0.05, 0) is 30.5 Å². The zero-order valence-corrected chi connectivity index (χ0v) is 12.8. The number of nitrogens with two attached hydrogens (primary N) is 1. The minimum atomic E-state index is -0.0917. The molecule has 0 atom stereocenters. The summed E-state index contributed by atoms with van der Waals surface area (Å²) in [5.41, 5.74) is 6.51. The van der Waals surface area contributed by atoms with E-state index < -0.39 is 0 Å². The third-order valence-electron chi connectivity index (χ3n) is 3.02. The van der Waals surface area contributed by atoms with Gasteiger partial charge in [-0.1, -0.05) is 38.2 Å². The Morgan fingerprint density at radius 1 is 1.30 bits per heavy atom. The normalized spacial score (nSPS) is 10.3. The van der Waals surface area contributed by atoms with Crippen LogP contribution < -0.4 is 15.8 Å². The van der Waals surface area contributed by atoms with E-state index in [2.05, 4.69) is 19.2 Å². The number of thiocarbonyl (C=S) groups is 1. The van der Waals surface area contributed by atoms with Crippen molar-refractivity contribution < 1.29 is 9.53 Å². The molecule has 0 unspecified atom stereocenters. The molecule has 0 fully saturated rings. The Balaban J connectivity index is 2.41. The van der Waals surface area contributed by atoms with E-state index in [0.717, 1.165) is 18.4 Å². The maximum absolute atomic E-state index is 11.7. The van der Waals surface area contributed by atoms with Crippen molar-refractivity contribution in [2.75, 3.05) is 6.61 Å². The van der Waals surface area contributed by atoms with Crippen LogP contribution in [-0.4, -0.2) is 23.5 Å². The number of ether oxygens (including phenoxy) is 1.